The van der Waals surface area contributed by atoms with Gasteiger partial charge in [0.15, 0.2) is 5.78 Å². The van der Waals surface area contributed by atoms with Crippen LogP contribution in [0.4, 0.5) is 0 Å². The van der Waals surface area contributed by atoms with E-state index in [2.05, 4.69) is 21.3 Å². The summed E-state index contributed by atoms with van der Waals surface area (Å²) < 4.78 is 5.36. The Labute approximate surface area is 315 Å². The summed E-state index contributed by atoms with van der Waals surface area (Å²) in [4.78, 5) is 92.6. The molecule has 54 heavy (non-hydrogen) atoms. The van der Waals surface area contributed by atoms with E-state index >= 15 is 0 Å². The van der Waals surface area contributed by atoms with Gasteiger partial charge in [0.2, 0.25) is 29.4 Å². The molecule has 0 saturated carbocycles. The molecule has 1 aliphatic rings. The first-order valence-corrected chi connectivity index (χ1v) is 18.2. The van der Waals surface area contributed by atoms with Gasteiger partial charge in [-0.2, -0.15) is 0 Å². The van der Waals surface area contributed by atoms with Crippen LogP contribution < -0.4 is 26.0 Å². The van der Waals surface area contributed by atoms with Crippen LogP contribution in [0.3, 0.4) is 0 Å². The van der Waals surface area contributed by atoms with Crippen LogP contribution in [0.25, 0.3) is 0 Å². The number of ether oxygens (including phenoxy) is 1. The largest absolute Gasteiger partial charge is 0.497 e. The average molecular weight is 740 g/mol. The molecule has 0 saturated heterocycles. The Hall–Kier alpha value is -5.85. The second kappa shape index (κ2) is 20.4. The molecule has 1 aliphatic heterocycles. The van der Waals surface area contributed by atoms with E-state index in [0.717, 1.165) is 24.0 Å². The van der Waals surface area contributed by atoms with Gasteiger partial charge in [-0.1, -0.05) is 80.1 Å². The number of methoxy groups -OCH3 is 1. The summed E-state index contributed by atoms with van der Waals surface area (Å²) in [6.45, 7) is 2.28. The van der Waals surface area contributed by atoms with Gasteiger partial charge in [-0.25, -0.2) is 0 Å². The summed E-state index contributed by atoms with van der Waals surface area (Å²) in [5.74, 6) is -3.84. The number of hydrogen-bond acceptors (Lipinski definition) is 8. The number of aryl methyl sites for hydroxylation is 1. The number of rotatable bonds is 19. The van der Waals surface area contributed by atoms with Crippen molar-refractivity contribution in [2.45, 2.75) is 83.5 Å². The molecule has 3 unspecified atom stereocenters. The average Bonchev–Trinajstić information content (AvgIpc) is 3.19. The van der Waals surface area contributed by atoms with Crippen molar-refractivity contribution in [1.29, 1.82) is 0 Å². The van der Waals surface area contributed by atoms with Crippen molar-refractivity contribution >= 4 is 41.1 Å². The van der Waals surface area contributed by atoms with Gasteiger partial charge in [0, 0.05) is 19.4 Å². The molecule has 3 aromatic rings. The molecule has 3 atom stereocenters. The van der Waals surface area contributed by atoms with Gasteiger partial charge in [-0.05, 0) is 67.0 Å². The topological polar surface area (TPSA) is 180 Å². The molecule has 5 amide bonds. The lowest BCUT2D eigenvalue weighted by Gasteiger charge is -2.37. The molecule has 0 bridgehead atoms. The fourth-order valence-corrected chi connectivity index (χ4v) is 6.32. The Bertz CT molecular complexity index is 1800. The van der Waals surface area contributed by atoms with E-state index in [1.165, 1.54) is 24.5 Å². The van der Waals surface area contributed by atoms with E-state index in [1.54, 1.807) is 49.4 Å². The molecule has 0 fully saturated rings. The van der Waals surface area contributed by atoms with Crippen LogP contribution >= 0.6 is 0 Å². The highest BCUT2D eigenvalue weighted by molar-refractivity contribution is 6.38. The van der Waals surface area contributed by atoms with Gasteiger partial charge in [0.25, 0.3) is 5.91 Å². The molecule has 0 radical (unpaired) electrons. The number of fused-ring (bicyclic) bond motifs is 1. The number of benzene rings is 3. The second-order valence-corrected chi connectivity index (χ2v) is 13.3. The predicted molar refractivity (Wildman–Crippen MR) is 201 cm³/mol. The van der Waals surface area contributed by atoms with Crippen molar-refractivity contribution in [1.82, 2.24) is 26.2 Å². The smallest absolute Gasteiger partial charge is 0.290 e. The molecule has 1 heterocycles. The van der Waals surface area contributed by atoms with Gasteiger partial charge < -0.3 is 30.9 Å². The number of carbonyl (C=O) groups excluding carboxylic acids is 7. The van der Waals surface area contributed by atoms with E-state index in [0.29, 0.717) is 24.2 Å². The van der Waals surface area contributed by atoms with E-state index in [4.69, 9.17) is 4.74 Å². The Balaban J connectivity index is 1.37. The monoisotopic (exact) mass is 739 g/mol. The van der Waals surface area contributed by atoms with Crippen LogP contribution in [0, 0.1) is 0 Å². The number of Topliss-reactive ketones (excluding diaryl/α,β-unsaturated/α-hetero) is 2. The van der Waals surface area contributed by atoms with Crippen LogP contribution in [-0.2, 0) is 52.9 Å². The standard InChI is InChI=1S/C41H49N5O8/c1-4-13-33(39(51)41(53)43-24-36(49)45-38(27(2)47)29-17-9-6-10-18-29)44-40(52)34-23-30-20-21-32(54-3)22-31(30)26-46(34)37(50)25-42-35(48)19-12-11-16-28-14-7-5-8-15-28/h5-10,14-15,17-18,20-22,33-34,38H,4,11-13,16,19,23-26H2,1-3H3,(H,42,48)(H,43,53)(H,44,52)(H,45,49). The maximum atomic E-state index is 13.9. The zero-order valence-electron chi connectivity index (χ0n) is 31.0. The quantitative estimate of drug-likeness (QED) is 0.107. The third-order valence-electron chi connectivity index (χ3n) is 9.25. The zero-order valence-corrected chi connectivity index (χ0v) is 31.0. The summed E-state index contributed by atoms with van der Waals surface area (Å²) in [6, 6.07) is 20.7. The highest BCUT2D eigenvalue weighted by Crippen LogP contribution is 2.27. The first-order chi connectivity index (χ1) is 26.0. The molecule has 13 heteroatoms. The lowest BCUT2D eigenvalue weighted by Crippen LogP contribution is -2.58. The first-order valence-electron chi connectivity index (χ1n) is 18.2. The maximum absolute atomic E-state index is 13.9. The Morgan fingerprint density at radius 2 is 1.52 bits per heavy atom. The minimum atomic E-state index is -1.23. The minimum Gasteiger partial charge on any atom is -0.497 e. The van der Waals surface area contributed by atoms with Gasteiger partial charge >= 0.3 is 0 Å². The molecule has 4 N–H and O–H groups in total. The number of ketones is 2. The van der Waals surface area contributed by atoms with Crippen LogP contribution in [0.5, 0.6) is 5.75 Å². The number of carbonyl (C=O) groups is 7. The van der Waals surface area contributed by atoms with Gasteiger partial charge in [-0.3, -0.25) is 33.6 Å². The summed E-state index contributed by atoms with van der Waals surface area (Å²) in [6.07, 6.45) is 3.25. The fraction of sp³-hybridized carbons (Fsp3) is 0.390. The molecular formula is C41H49N5O8. The summed E-state index contributed by atoms with van der Waals surface area (Å²) in [7, 11) is 1.53. The van der Waals surface area contributed by atoms with Crippen molar-refractivity contribution in [3.8, 4) is 5.75 Å². The van der Waals surface area contributed by atoms with Crippen molar-refractivity contribution in [2.24, 2.45) is 0 Å². The van der Waals surface area contributed by atoms with Crippen LogP contribution in [0.1, 0.15) is 74.2 Å². The third-order valence-corrected chi connectivity index (χ3v) is 9.25. The minimum absolute atomic E-state index is 0.0582. The van der Waals surface area contributed by atoms with E-state index in [9.17, 15) is 33.6 Å². The number of hydrogen-bond donors (Lipinski definition) is 4. The number of nitrogens with one attached hydrogen (secondary N) is 4. The van der Waals surface area contributed by atoms with Crippen LogP contribution in [0.2, 0.25) is 0 Å². The van der Waals surface area contributed by atoms with Gasteiger partial charge in [-0.15, -0.1) is 0 Å². The summed E-state index contributed by atoms with van der Waals surface area (Å²) in [5, 5.41) is 10.2. The van der Waals surface area contributed by atoms with Crippen LogP contribution in [-0.4, -0.2) is 78.3 Å². The number of nitrogens with zero attached hydrogens (tertiary/aromatic N) is 1. The Morgan fingerprint density at radius 3 is 2.19 bits per heavy atom. The van der Waals surface area contributed by atoms with Gasteiger partial charge in [0.05, 0.1) is 26.2 Å². The van der Waals surface area contributed by atoms with Crippen molar-refractivity contribution in [3.63, 3.8) is 0 Å². The van der Waals surface area contributed by atoms with Crippen molar-refractivity contribution < 1.29 is 38.3 Å². The lowest BCUT2D eigenvalue weighted by molar-refractivity contribution is -0.144. The maximum Gasteiger partial charge on any atom is 0.290 e. The second-order valence-electron chi connectivity index (χ2n) is 13.3. The predicted octanol–water partition coefficient (Wildman–Crippen LogP) is 2.89. The highest BCUT2D eigenvalue weighted by Gasteiger charge is 2.37. The fourth-order valence-electron chi connectivity index (χ4n) is 6.32. The lowest BCUT2D eigenvalue weighted by atomic mass is 9.92. The summed E-state index contributed by atoms with van der Waals surface area (Å²) >= 11 is 0. The van der Waals surface area contributed by atoms with E-state index < -0.39 is 54.1 Å². The van der Waals surface area contributed by atoms with Crippen LogP contribution in [0.15, 0.2) is 78.9 Å². The Morgan fingerprint density at radius 1 is 0.815 bits per heavy atom. The van der Waals surface area contributed by atoms with E-state index in [-0.39, 0.29) is 44.0 Å². The number of unbranched alkanes of at least 4 members (excludes halogenated alkanes) is 1. The highest BCUT2D eigenvalue weighted by atomic mass is 16.5. The third kappa shape index (κ3) is 11.8. The molecule has 0 aromatic heterocycles. The molecule has 0 spiro atoms. The molecule has 13 nitrogen and oxygen atoms in total. The number of amides is 5. The Kier molecular flexibility index (Phi) is 15.5. The SMILES string of the molecule is CCCC(NC(=O)C1Cc2ccc(OC)cc2CN1C(=O)CNC(=O)CCCCc1ccccc1)C(=O)C(=O)NCC(=O)NC(C(C)=O)c1ccccc1. The zero-order chi connectivity index (χ0) is 39.0. The normalized spacial score (nSPS) is 14.4. The first kappa shape index (κ1) is 40.9. The molecule has 286 valence electrons. The van der Waals surface area contributed by atoms with E-state index in [1.807, 2.05) is 36.4 Å². The molecule has 4 rings (SSSR count). The molecule has 0 aliphatic carbocycles. The van der Waals surface area contributed by atoms with Crippen molar-refractivity contribution in [2.75, 3.05) is 20.2 Å². The van der Waals surface area contributed by atoms with Gasteiger partial charge in [0.1, 0.15) is 17.8 Å². The molecular weight excluding hydrogens is 690 g/mol. The summed E-state index contributed by atoms with van der Waals surface area (Å²) in [5.41, 5.74) is 3.34. The molecule has 3 aromatic carbocycles. The van der Waals surface area contributed by atoms with Crippen molar-refractivity contribution in [3.05, 3.63) is 101 Å².